The van der Waals surface area contributed by atoms with E-state index in [-0.39, 0.29) is 5.91 Å². The molecule has 10 heteroatoms. The Bertz CT molecular complexity index is 1210. The summed E-state index contributed by atoms with van der Waals surface area (Å²) in [5, 5.41) is 5.70. The number of ether oxygens (including phenoxy) is 1. The molecule has 7 nitrogen and oxygen atoms in total. The van der Waals surface area contributed by atoms with Crippen molar-refractivity contribution in [1.29, 1.82) is 0 Å². The Morgan fingerprint density at radius 1 is 1.27 bits per heavy atom. The molecule has 0 fully saturated rings. The van der Waals surface area contributed by atoms with Crippen molar-refractivity contribution in [2.24, 2.45) is 0 Å². The number of halogens is 1. The third-order valence-corrected chi connectivity index (χ3v) is 6.95. The van der Waals surface area contributed by atoms with Gasteiger partial charge in [-0.25, -0.2) is 13.4 Å². The normalized spacial score (nSPS) is 15.4. The number of carbonyl (C=O) groups excluding carboxylic acids is 1. The molecule has 0 saturated heterocycles. The van der Waals surface area contributed by atoms with E-state index in [1.165, 1.54) is 22.7 Å². The maximum absolute atomic E-state index is 12.6. The van der Waals surface area contributed by atoms with E-state index in [2.05, 4.69) is 10.3 Å². The van der Waals surface area contributed by atoms with E-state index >= 15 is 0 Å². The van der Waals surface area contributed by atoms with Gasteiger partial charge in [0.2, 0.25) is 10.0 Å². The van der Waals surface area contributed by atoms with Crippen molar-refractivity contribution >= 4 is 49.7 Å². The highest BCUT2D eigenvalue weighted by Gasteiger charge is 2.29. The molecule has 1 N–H and O–H groups in total. The number of hydrogen-bond donors (Lipinski definition) is 1. The molecule has 1 aromatic heterocycles. The van der Waals surface area contributed by atoms with Crippen LogP contribution in [0.3, 0.4) is 0 Å². The van der Waals surface area contributed by atoms with Gasteiger partial charge in [-0.2, -0.15) is 0 Å². The lowest BCUT2D eigenvalue weighted by Gasteiger charge is -2.16. The van der Waals surface area contributed by atoms with Gasteiger partial charge >= 0.3 is 0 Å². The van der Waals surface area contributed by atoms with Gasteiger partial charge in [0.15, 0.2) is 11.2 Å². The minimum Gasteiger partial charge on any atom is -0.480 e. The van der Waals surface area contributed by atoms with Crippen molar-refractivity contribution in [3.63, 3.8) is 0 Å². The second-order valence-electron chi connectivity index (χ2n) is 6.87. The number of fused-ring (bicyclic) bond motifs is 1. The first-order valence-corrected chi connectivity index (χ1v) is 12.1. The lowest BCUT2D eigenvalue weighted by atomic mass is 10.1. The molecule has 1 aliphatic rings. The fourth-order valence-electron chi connectivity index (χ4n) is 3.05. The molecule has 0 spiro atoms. The molecule has 0 saturated carbocycles. The van der Waals surface area contributed by atoms with Gasteiger partial charge in [-0.3, -0.25) is 14.4 Å². The zero-order valence-electron chi connectivity index (χ0n) is 16.1. The number of aromatic nitrogens is 1. The summed E-state index contributed by atoms with van der Waals surface area (Å²) in [4.78, 5) is 17.0. The number of amides is 1. The van der Waals surface area contributed by atoms with Crippen LogP contribution in [-0.2, 0) is 21.2 Å². The molecule has 2 aromatic carbocycles. The molecule has 1 unspecified atom stereocenters. The summed E-state index contributed by atoms with van der Waals surface area (Å²) in [6.45, 7) is 0. The van der Waals surface area contributed by atoms with Crippen molar-refractivity contribution < 1.29 is 17.9 Å². The van der Waals surface area contributed by atoms with Crippen LogP contribution in [0.15, 0.2) is 47.8 Å². The van der Waals surface area contributed by atoms with Crippen LogP contribution in [0.5, 0.6) is 5.75 Å². The van der Waals surface area contributed by atoms with Crippen molar-refractivity contribution in [3.05, 3.63) is 58.4 Å². The first-order valence-electron chi connectivity index (χ1n) is 8.96. The summed E-state index contributed by atoms with van der Waals surface area (Å²) in [6.07, 6.45) is 0.976. The molecular formula is C20H18ClN3O4S2. The van der Waals surface area contributed by atoms with E-state index in [9.17, 15) is 13.2 Å². The van der Waals surface area contributed by atoms with Gasteiger partial charge in [0, 0.05) is 29.4 Å². The Balaban J connectivity index is 1.43. The number of rotatable bonds is 5. The Hall–Kier alpha value is -2.62. The van der Waals surface area contributed by atoms with Crippen LogP contribution in [0.1, 0.15) is 5.56 Å². The van der Waals surface area contributed by atoms with Crippen LogP contribution in [0.4, 0.5) is 10.8 Å². The highest BCUT2D eigenvalue weighted by atomic mass is 35.5. The third kappa shape index (κ3) is 4.28. The number of thiazole rings is 1. The quantitative estimate of drug-likeness (QED) is 0.621. The first-order chi connectivity index (χ1) is 14.2. The SMILES string of the molecule is CN(c1ccc(-c2csc(NC(=O)C3Cc4cc(Cl)ccc4O3)n2)cc1)S(C)(=O)=O. The zero-order chi connectivity index (χ0) is 21.5. The van der Waals surface area contributed by atoms with Gasteiger partial charge in [0.05, 0.1) is 17.6 Å². The molecule has 0 aliphatic carbocycles. The van der Waals surface area contributed by atoms with E-state index in [1.807, 2.05) is 5.38 Å². The van der Waals surface area contributed by atoms with Crippen molar-refractivity contribution in [2.45, 2.75) is 12.5 Å². The van der Waals surface area contributed by atoms with Gasteiger partial charge in [-0.1, -0.05) is 23.7 Å². The fourth-order valence-corrected chi connectivity index (χ4v) is 4.47. The Morgan fingerprint density at radius 2 is 2.00 bits per heavy atom. The van der Waals surface area contributed by atoms with E-state index in [0.29, 0.717) is 33.7 Å². The predicted octanol–water partition coefficient (Wildman–Crippen LogP) is 3.80. The molecule has 1 atom stereocenters. The van der Waals surface area contributed by atoms with Crippen LogP contribution in [0.2, 0.25) is 5.02 Å². The summed E-state index contributed by atoms with van der Waals surface area (Å²) in [5.41, 5.74) is 2.97. The summed E-state index contributed by atoms with van der Waals surface area (Å²) < 4.78 is 30.2. The third-order valence-electron chi connectivity index (χ3n) is 4.75. The molecule has 30 heavy (non-hydrogen) atoms. The first kappa shape index (κ1) is 20.6. The average Bonchev–Trinajstić information content (AvgIpc) is 3.33. The van der Waals surface area contributed by atoms with Gasteiger partial charge < -0.3 is 4.74 Å². The van der Waals surface area contributed by atoms with Crippen LogP contribution < -0.4 is 14.4 Å². The van der Waals surface area contributed by atoms with Gasteiger partial charge in [-0.15, -0.1) is 11.3 Å². The number of nitrogens with zero attached hydrogens (tertiary/aromatic N) is 2. The monoisotopic (exact) mass is 463 g/mol. The average molecular weight is 464 g/mol. The maximum atomic E-state index is 12.6. The fraction of sp³-hybridized carbons (Fsp3) is 0.200. The second-order valence-corrected chi connectivity index (χ2v) is 10.2. The Morgan fingerprint density at radius 3 is 2.70 bits per heavy atom. The molecule has 1 aliphatic heterocycles. The minimum atomic E-state index is -3.32. The smallest absolute Gasteiger partial charge is 0.267 e. The molecular weight excluding hydrogens is 446 g/mol. The molecule has 1 amide bonds. The molecule has 0 bridgehead atoms. The van der Waals surface area contributed by atoms with Crippen LogP contribution in [0, 0.1) is 0 Å². The van der Waals surface area contributed by atoms with Gasteiger partial charge in [0.25, 0.3) is 5.91 Å². The van der Waals surface area contributed by atoms with Crippen molar-refractivity contribution in [3.8, 4) is 17.0 Å². The summed E-state index contributed by atoms with van der Waals surface area (Å²) in [5.74, 6) is 0.395. The lowest BCUT2D eigenvalue weighted by Crippen LogP contribution is -2.31. The summed E-state index contributed by atoms with van der Waals surface area (Å²) >= 11 is 7.30. The van der Waals surface area contributed by atoms with E-state index in [1.54, 1.807) is 42.5 Å². The summed E-state index contributed by atoms with van der Waals surface area (Å²) in [6, 6.07) is 12.3. The topological polar surface area (TPSA) is 88.6 Å². The number of nitrogens with one attached hydrogen (secondary N) is 1. The number of anilines is 2. The zero-order valence-corrected chi connectivity index (χ0v) is 18.5. The molecule has 3 aromatic rings. The highest BCUT2D eigenvalue weighted by molar-refractivity contribution is 7.92. The second kappa shape index (κ2) is 7.90. The van der Waals surface area contributed by atoms with E-state index in [0.717, 1.165) is 17.4 Å². The molecule has 156 valence electrons. The number of carbonyl (C=O) groups is 1. The minimum absolute atomic E-state index is 0.270. The van der Waals surface area contributed by atoms with Crippen LogP contribution in [0.25, 0.3) is 11.3 Å². The Labute approximate surface area is 183 Å². The standard InChI is InChI=1S/C20H18ClN3O4S2/c1-24(30(2,26)27)15-6-3-12(4-7-15)16-11-29-20(22-16)23-19(25)18-10-13-9-14(21)5-8-17(13)28-18/h3-9,11,18H,10H2,1-2H3,(H,22,23,25). The Kier molecular flexibility index (Phi) is 5.44. The number of hydrogen-bond acceptors (Lipinski definition) is 6. The van der Waals surface area contributed by atoms with Crippen LogP contribution >= 0.6 is 22.9 Å². The lowest BCUT2D eigenvalue weighted by molar-refractivity contribution is -0.122. The predicted molar refractivity (Wildman–Crippen MR) is 119 cm³/mol. The van der Waals surface area contributed by atoms with Crippen molar-refractivity contribution in [2.75, 3.05) is 22.9 Å². The molecule has 0 radical (unpaired) electrons. The van der Waals surface area contributed by atoms with E-state index in [4.69, 9.17) is 16.3 Å². The largest absolute Gasteiger partial charge is 0.480 e. The number of benzene rings is 2. The van der Waals surface area contributed by atoms with Crippen LogP contribution in [-0.4, -0.2) is 38.7 Å². The summed E-state index contributed by atoms with van der Waals surface area (Å²) in [7, 11) is -1.82. The van der Waals surface area contributed by atoms with Gasteiger partial charge in [0.1, 0.15) is 5.75 Å². The van der Waals surface area contributed by atoms with E-state index < -0.39 is 16.1 Å². The maximum Gasteiger partial charge on any atom is 0.267 e. The molecule has 4 rings (SSSR count). The highest BCUT2D eigenvalue weighted by Crippen LogP contribution is 2.32. The number of sulfonamides is 1. The van der Waals surface area contributed by atoms with Gasteiger partial charge in [-0.05, 0) is 35.9 Å². The molecule has 2 heterocycles. The van der Waals surface area contributed by atoms with Crippen molar-refractivity contribution in [1.82, 2.24) is 4.98 Å².